The van der Waals surface area contributed by atoms with Gasteiger partial charge in [0.1, 0.15) is 25.1 Å². The molecule has 0 amide bonds. The maximum absolute atomic E-state index is 13.4. The Morgan fingerprint density at radius 1 is 1.16 bits per heavy atom. The molecule has 0 aromatic carbocycles. The molecular formula is C24H34O8. The quantitative estimate of drug-likeness (QED) is 0.367. The zero-order valence-electron chi connectivity index (χ0n) is 19.2. The molecule has 0 heterocycles. The minimum absolute atomic E-state index is 0.110. The van der Waals surface area contributed by atoms with Crippen LogP contribution in [0.1, 0.15) is 53.4 Å². The Balaban J connectivity index is 2.06. The summed E-state index contributed by atoms with van der Waals surface area (Å²) < 4.78 is 10.8. The van der Waals surface area contributed by atoms with Gasteiger partial charge in [-0.05, 0) is 36.7 Å². The van der Waals surface area contributed by atoms with Crippen LogP contribution in [0.3, 0.4) is 0 Å². The first kappa shape index (κ1) is 24.6. The Bertz CT molecular complexity index is 821. The van der Waals surface area contributed by atoms with E-state index in [0.29, 0.717) is 31.1 Å². The zero-order chi connectivity index (χ0) is 24.0. The molecule has 0 aromatic heterocycles. The second kappa shape index (κ2) is 8.71. The van der Waals surface area contributed by atoms with E-state index in [1.165, 1.54) is 13.8 Å². The lowest BCUT2D eigenvalue weighted by atomic mass is 9.41. The summed E-state index contributed by atoms with van der Waals surface area (Å²) in [5.74, 6) is -3.09. The van der Waals surface area contributed by atoms with Crippen LogP contribution in [0.15, 0.2) is 12.2 Å². The van der Waals surface area contributed by atoms with Crippen molar-refractivity contribution in [3.05, 3.63) is 12.2 Å². The number of hydrogen-bond acceptors (Lipinski definition) is 8. The van der Waals surface area contributed by atoms with E-state index in [1.807, 2.05) is 6.92 Å². The number of ketones is 1. The number of esters is 2. The molecule has 3 rings (SSSR count). The number of rotatable bonds is 5. The highest BCUT2D eigenvalue weighted by atomic mass is 16.6. The zero-order valence-corrected chi connectivity index (χ0v) is 19.2. The Morgan fingerprint density at radius 3 is 2.38 bits per heavy atom. The standard InChI is InChI=1S/C24H34O8/c1-12(10-25)15-6-7-17-16(8-15)20(29)21(30)22-23(4,11-31-13(2)26)19(32-14(3)27)9-18(28)24(17,22)5/h10,15-19,21-22,28,30H,1,6-9,11H2,2-5H3. The maximum atomic E-state index is 13.4. The van der Waals surface area contributed by atoms with Gasteiger partial charge in [-0.2, -0.15) is 0 Å². The molecule has 8 nitrogen and oxygen atoms in total. The average Bonchev–Trinajstić information content (AvgIpc) is 2.73. The van der Waals surface area contributed by atoms with Gasteiger partial charge in [0.15, 0.2) is 5.78 Å². The second-order valence-electron chi connectivity index (χ2n) is 10.2. The first-order valence-corrected chi connectivity index (χ1v) is 11.2. The fourth-order valence-electron chi connectivity index (χ4n) is 6.89. The van der Waals surface area contributed by atoms with Crippen LogP contribution in [0, 0.1) is 34.5 Å². The van der Waals surface area contributed by atoms with Crippen molar-refractivity contribution in [1.82, 2.24) is 0 Å². The van der Waals surface area contributed by atoms with E-state index in [1.54, 1.807) is 6.92 Å². The third kappa shape index (κ3) is 3.81. The van der Waals surface area contributed by atoms with E-state index in [0.717, 1.165) is 0 Å². The molecule has 9 atom stereocenters. The molecule has 8 heteroatoms. The van der Waals surface area contributed by atoms with Gasteiger partial charge >= 0.3 is 11.9 Å². The average molecular weight is 451 g/mol. The summed E-state index contributed by atoms with van der Waals surface area (Å²) in [5, 5.41) is 22.6. The summed E-state index contributed by atoms with van der Waals surface area (Å²) in [6.45, 7) is 9.79. The van der Waals surface area contributed by atoms with Gasteiger partial charge in [-0.25, -0.2) is 0 Å². The molecule has 0 saturated heterocycles. The highest BCUT2D eigenvalue weighted by Crippen LogP contribution is 2.64. The van der Waals surface area contributed by atoms with Gasteiger partial charge in [0, 0.05) is 42.9 Å². The van der Waals surface area contributed by atoms with Crippen molar-refractivity contribution < 1.29 is 38.9 Å². The molecule has 178 valence electrons. The van der Waals surface area contributed by atoms with Crippen molar-refractivity contribution in [2.45, 2.75) is 71.7 Å². The number of aliphatic hydroxyl groups is 2. The predicted octanol–water partition coefficient (Wildman–Crippen LogP) is 1.61. The SMILES string of the molecule is C=C(C=O)C1CCC2C(C1)C(=O)C(O)C1C(C)(COC(C)=O)C(OC(C)=O)CC(O)C21C. The molecule has 0 spiro atoms. The second-order valence-corrected chi connectivity index (χ2v) is 10.2. The fourth-order valence-corrected chi connectivity index (χ4v) is 6.89. The molecule has 3 fully saturated rings. The van der Waals surface area contributed by atoms with Crippen molar-refractivity contribution in [2.24, 2.45) is 34.5 Å². The van der Waals surface area contributed by atoms with E-state index < -0.39 is 52.9 Å². The smallest absolute Gasteiger partial charge is 0.302 e. The van der Waals surface area contributed by atoms with Gasteiger partial charge in [-0.1, -0.05) is 20.4 Å². The van der Waals surface area contributed by atoms with Crippen LogP contribution in [0.4, 0.5) is 0 Å². The molecule has 9 unspecified atom stereocenters. The minimum atomic E-state index is -1.43. The Labute approximate surface area is 188 Å². The van der Waals surface area contributed by atoms with Crippen molar-refractivity contribution >= 4 is 24.0 Å². The van der Waals surface area contributed by atoms with E-state index in [4.69, 9.17) is 9.47 Å². The summed E-state index contributed by atoms with van der Waals surface area (Å²) in [4.78, 5) is 48.1. The molecule has 0 radical (unpaired) electrons. The van der Waals surface area contributed by atoms with Gasteiger partial charge < -0.3 is 19.7 Å². The number of hydrogen-bond donors (Lipinski definition) is 2. The highest BCUT2D eigenvalue weighted by Gasteiger charge is 2.69. The number of carbonyl (C=O) groups is 4. The van der Waals surface area contributed by atoms with E-state index in [2.05, 4.69) is 6.58 Å². The molecule has 3 saturated carbocycles. The van der Waals surface area contributed by atoms with Crippen molar-refractivity contribution in [3.63, 3.8) is 0 Å². The maximum Gasteiger partial charge on any atom is 0.302 e. The monoisotopic (exact) mass is 450 g/mol. The molecule has 3 aliphatic rings. The lowest BCUT2D eigenvalue weighted by molar-refractivity contribution is -0.254. The van der Waals surface area contributed by atoms with Crippen LogP contribution < -0.4 is 0 Å². The van der Waals surface area contributed by atoms with Gasteiger partial charge in [0.2, 0.25) is 0 Å². The van der Waals surface area contributed by atoms with Crippen molar-refractivity contribution in [3.8, 4) is 0 Å². The summed E-state index contributed by atoms with van der Waals surface area (Å²) in [6, 6.07) is 0. The van der Waals surface area contributed by atoms with E-state index in [9.17, 15) is 29.4 Å². The van der Waals surface area contributed by atoms with E-state index >= 15 is 0 Å². The summed E-state index contributed by atoms with van der Waals surface area (Å²) in [7, 11) is 0. The van der Waals surface area contributed by atoms with Crippen LogP contribution in [-0.2, 0) is 28.7 Å². The molecule has 3 aliphatic carbocycles. The minimum Gasteiger partial charge on any atom is -0.465 e. The van der Waals surface area contributed by atoms with Gasteiger partial charge in [-0.3, -0.25) is 19.2 Å². The Kier molecular flexibility index (Phi) is 6.69. The lowest BCUT2D eigenvalue weighted by Crippen LogP contribution is -2.71. The fraction of sp³-hybridized carbons (Fsp3) is 0.750. The Hall–Kier alpha value is -2.06. The summed E-state index contributed by atoms with van der Waals surface area (Å²) >= 11 is 0. The van der Waals surface area contributed by atoms with Crippen LogP contribution >= 0.6 is 0 Å². The third-order valence-electron chi connectivity index (χ3n) is 8.46. The van der Waals surface area contributed by atoms with Crippen LogP contribution in [-0.4, -0.2) is 59.1 Å². The third-order valence-corrected chi connectivity index (χ3v) is 8.46. The predicted molar refractivity (Wildman–Crippen MR) is 113 cm³/mol. The molecule has 2 N–H and O–H groups in total. The number of aliphatic hydroxyl groups excluding tert-OH is 2. The van der Waals surface area contributed by atoms with Crippen molar-refractivity contribution in [1.29, 1.82) is 0 Å². The molecular weight excluding hydrogens is 416 g/mol. The summed E-state index contributed by atoms with van der Waals surface area (Å²) in [5.41, 5.74) is -1.51. The number of aldehydes is 1. The van der Waals surface area contributed by atoms with Crippen molar-refractivity contribution in [2.75, 3.05) is 6.61 Å². The normalized spacial score (nSPS) is 43.4. The lowest BCUT2D eigenvalue weighted by Gasteiger charge is -2.64. The summed E-state index contributed by atoms with van der Waals surface area (Å²) in [6.07, 6.45) is -0.731. The van der Waals surface area contributed by atoms with E-state index in [-0.39, 0.29) is 30.6 Å². The van der Waals surface area contributed by atoms with Gasteiger partial charge in [-0.15, -0.1) is 0 Å². The molecule has 32 heavy (non-hydrogen) atoms. The van der Waals surface area contributed by atoms with Gasteiger partial charge in [0.05, 0.1) is 6.10 Å². The number of Topliss-reactive ketones (excluding diaryl/α,β-unsaturated/α-hetero) is 1. The molecule has 0 aliphatic heterocycles. The Morgan fingerprint density at radius 2 is 1.81 bits per heavy atom. The first-order chi connectivity index (χ1) is 14.9. The number of carbonyl (C=O) groups excluding carboxylic acids is 4. The van der Waals surface area contributed by atoms with Gasteiger partial charge in [0.25, 0.3) is 0 Å². The first-order valence-electron chi connectivity index (χ1n) is 11.2. The topological polar surface area (TPSA) is 127 Å². The highest BCUT2D eigenvalue weighted by molar-refractivity contribution is 5.88. The molecule has 0 aromatic rings. The van der Waals surface area contributed by atoms with Crippen LogP contribution in [0.5, 0.6) is 0 Å². The molecule has 0 bridgehead atoms. The van der Waals surface area contributed by atoms with Crippen LogP contribution in [0.2, 0.25) is 0 Å². The number of allylic oxidation sites excluding steroid dienone is 1. The van der Waals surface area contributed by atoms with Crippen LogP contribution in [0.25, 0.3) is 0 Å². The number of fused-ring (bicyclic) bond motifs is 3. The number of ether oxygens (including phenoxy) is 2. The largest absolute Gasteiger partial charge is 0.465 e.